The Morgan fingerprint density at radius 2 is 2.33 bits per heavy atom. The zero-order valence-electron chi connectivity index (χ0n) is 7.88. The molecule has 1 fully saturated rings. The van der Waals surface area contributed by atoms with Gasteiger partial charge in [0, 0.05) is 0 Å². The van der Waals surface area contributed by atoms with E-state index in [-0.39, 0.29) is 0 Å². The molecule has 3 rings (SSSR count). The summed E-state index contributed by atoms with van der Waals surface area (Å²) in [4.78, 5) is 0. The van der Waals surface area contributed by atoms with Crippen LogP contribution in [-0.4, -0.2) is 0 Å². The number of fused-ring (bicyclic) bond motifs is 5. The minimum absolute atomic E-state index is 0.559. The van der Waals surface area contributed by atoms with E-state index in [1.165, 1.54) is 12.8 Å². The molecule has 2 bridgehead atoms. The molecule has 64 valence electrons. The highest BCUT2D eigenvalue weighted by atomic mass is 14.6. The lowest BCUT2D eigenvalue weighted by atomic mass is 9.76. The van der Waals surface area contributed by atoms with E-state index in [1.54, 1.807) is 5.57 Å². The van der Waals surface area contributed by atoms with Crippen LogP contribution in [0.4, 0.5) is 0 Å². The Balaban J connectivity index is 2.04. The number of hydrogen-bond acceptors (Lipinski definition) is 0. The quantitative estimate of drug-likeness (QED) is 0.477. The van der Waals surface area contributed by atoms with Gasteiger partial charge in [-0.15, -0.1) is 0 Å². The number of hydrogen-bond donors (Lipinski definition) is 0. The van der Waals surface area contributed by atoms with Crippen LogP contribution in [0.5, 0.6) is 0 Å². The zero-order chi connectivity index (χ0) is 8.34. The first-order valence-electron chi connectivity index (χ1n) is 5.06. The topological polar surface area (TPSA) is 0 Å². The molecule has 0 radical (unpaired) electrons. The van der Waals surface area contributed by atoms with Crippen molar-refractivity contribution >= 4 is 0 Å². The van der Waals surface area contributed by atoms with Crippen LogP contribution >= 0.6 is 0 Å². The fraction of sp³-hybridized carbons (Fsp3) is 0.667. The van der Waals surface area contributed by atoms with E-state index in [2.05, 4.69) is 32.1 Å². The predicted molar refractivity (Wildman–Crippen MR) is 50.7 cm³/mol. The standard InChI is InChI=1S/C12H16/c1-8-5-10-9-3-4-12(2,7-9)11(10)6-8/h3-5,9-11H,6-7H2,1-2H3/t9-,10-,11-,12+/m1/s1. The number of rotatable bonds is 0. The summed E-state index contributed by atoms with van der Waals surface area (Å²) < 4.78 is 0. The second kappa shape index (κ2) is 1.86. The van der Waals surface area contributed by atoms with Crippen LogP contribution in [0.15, 0.2) is 23.8 Å². The van der Waals surface area contributed by atoms with Crippen molar-refractivity contribution in [2.24, 2.45) is 23.2 Å². The lowest BCUT2D eigenvalue weighted by Gasteiger charge is -2.28. The summed E-state index contributed by atoms with van der Waals surface area (Å²) in [6, 6.07) is 0. The first kappa shape index (κ1) is 6.94. The van der Waals surface area contributed by atoms with Gasteiger partial charge < -0.3 is 0 Å². The average Bonchev–Trinajstić information content (AvgIpc) is 2.57. The van der Waals surface area contributed by atoms with Gasteiger partial charge in [0.05, 0.1) is 0 Å². The molecule has 12 heavy (non-hydrogen) atoms. The third kappa shape index (κ3) is 0.646. The van der Waals surface area contributed by atoms with Crippen LogP contribution in [0.1, 0.15) is 26.7 Å². The fourth-order valence-corrected chi connectivity index (χ4v) is 3.62. The minimum Gasteiger partial charge on any atom is -0.0842 e. The lowest BCUT2D eigenvalue weighted by Crippen LogP contribution is -2.21. The van der Waals surface area contributed by atoms with Crippen molar-refractivity contribution in [3.8, 4) is 0 Å². The lowest BCUT2D eigenvalue weighted by molar-refractivity contribution is 0.285. The Morgan fingerprint density at radius 3 is 3.08 bits per heavy atom. The Bertz CT molecular complexity index is 284. The van der Waals surface area contributed by atoms with Crippen molar-refractivity contribution in [1.29, 1.82) is 0 Å². The van der Waals surface area contributed by atoms with Crippen molar-refractivity contribution in [3.05, 3.63) is 23.8 Å². The molecule has 0 heterocycles. The van der Waals surface area contributed by atoms with Gasteiger partial charge in [-0.3, -0.25) is 0 Å². The summed E-state index contributed by atoms with van der Waals surface area (Å²) in [5.41, 5.74) is 2.19. The molecule has 0 spiro atoms. The van der Waals surface area contributed by atoms with Crippen molar-refractivity contribution < 1.29 is 0 Å². The highest BCUT2D eigenvalue weighted by Gasteiger charge is 2.52. The summed E-state index contributed by atoms with van der Waals surface area (Å²) >= 11 is 0. The molecule has 0 aliphatic heterocycles. The minimum atomic E-state index is 0.559. The van der Waals surface area contributed by atoms with Gasteiger partial charge in [0.15, 0.2) is 0 Å². The first-order chi connectivity index (χ1) is 5.69. The molecule has 0 aromatic rings. The Hall–Kier alpha value is -0.520. The van der Waals surface area contributed by atoms with Gasteiger partial charge in [-0.05, 0) is 42.9 Å². The Labute approximate surface area is 74.4 Å². The molecule has 0 unspecified atom stereocenters. The maximum absolute atomic E-state index is 2.53. The molecule has 0 nitrogen and oxygen atoms in total. The molecular weight excluding hydrogens is 144 g/mol. The molecule has 0 aromatic carbocycles. The molecule has 0 amide bonds. The summed E-state index contributed by atoms with van der Waals surface area (Å²) in [5, 5.41) is 0. The van der Waals surface area contributed by atoms with Gasteiger partial charge >= 0.3 is 0 Å². The second-order valence-corrected chi connectivity index (χ2v) is 5.13. The largest absolute Gasteiger partial charge is 0.0842 e. The molecule has 0 N–H and O–H groups in total. The van der Waals surface area contributed by atoms with Crippen molar-refractivity contribution in [2.75, 3.05) is 0 Å². The molecule has 3 aliphatic carbocycles. The van der Waals surface area contributed by atoms with E-state index in [9.17, 15) is 0 Å². The summed E-state index contributed by atoms with van der Waals surface area (Å²) in [5.74, 6) is 2.74. The SMILES string of the molecule is CC1=C[C@@H]2[C@@H]3C=C[C@@](C)(C3)[C@@H]2C1. The van der Waals surface area contributed by atoms with Crippen molar-refractivity contribution in [2.45, 2.75) is 26.7 Å². The molecule has 1 saturated carbocycles. The molecule has 3 aliphatic rings. The van der Waals surface area contributed by atoms with Crippen LogP contribution in [0.3, 0.4) is 0 Å². The van der Waals surface area contributed by atoms with Crippen molar-refractivity contribution in [3.63, 3.8) is 0 Å². The van der Waals surface area contributed by atoms with Gasteiger partial charge in [-0.25, -0.2) is 0 Å². The molecule has 0 heteroatoms. The third-order valence-electron chi connectivity index (χ3n) is 4.22. The first-order valence-corrected chi connectivity index (χ1v) is 5.06. The second-order valence-electron chi connectivity index (χ2n) is 5.13. The van der Waals surface area contributed by atoms with Crippen LogP contribution in [0.25, 0.3) is 0 Å². The molecule has 4 atom stereocenters. The summed E-state index contributed by atoms with van der Waals surface area (Å²) in [7, 11) is 0. The van der Waals surface area contributed by atoms with E-state index >= 15 is 0 Å². The van der Waals surface area contributed by atoms with Gasteiger partial charge in [0.1, 0.15) is 0 Å². The van der Waals surface area contributed by atoms with E-state index in [4.69, 9.17) is 0 Å². The van der Waals surface area contributed by atoms with Crippen molar-refractivity contribution in [1.82, 2.24) is 0 Å². The summed E-state index contributed by atoms with van der Waals surface area (Å²) in [6.07, 6.45) is 10.2. The average molecular weight is 160 g/mol. The molecular formula is C12H16. The van der Waals surface area contributed by atoms with Gasteiger partial charge in [-0.2, -0.15) is 0 Å². The maximum atomic E-state index is 2.53. The normalized spacial score (nSPS) is 54.5. The smallest absolute Gasteiger partial charge is 0.0103 e. The monoisotopic (exact) mass is 160 g/mol. The van der Waals surface area contributed by atoms with E-state index in [0.717, 1.165) is 17.8 Å². The summed E-state index contributed by atoms with van der Waals surface area (Å²) in [6.45, 7) is 4.74. The predicted octanol–water partition coefficient (Wildman–Crippen LogP) is 3.16. The van der Waals surface area contributed by atoms with E-state index < -0.39 is 0 Å². The Morgan fingerprint density at radius 1 is 1.50 bits per heavy atom. The van der Waals surface area contributed by atoms with Crippen LogP contribution < -0.4 is 0 Å². The third-order valence-corrected chi connectivity index (χ3v) is 4.22. The van der Waals surface area contributed by atoms with Crippen LogP contribution in [0.2, 0.25) is 0 Å². The highest BCUT2D eigenvalue weighted by molar-refractivity contribution is 5.29. The number of allylic oxidation sites excluding steroid dienone is 4. The van der Waals surface area contributed by atoms with Gasteiger partial charge in [0.2, 0.25) is 0 Å². The van der Waals surface area contributed by atoms with Gasteiger partial charge in [-0.1, -0.05) is 30.7 Å². The molecule has 0 aromatic heterocycles. The van der Waals surface area contributed by atoms with Gasteiger partial charge in [0.25, 0.3) is 0 Å². The Kier molecular flexibility index (Phi) is 1.08. The zero-order valence-corrected chi connectivity index (χ0v) is 7.88. The van der Waals surface area contributed by atoms with E-state index in [0.29, 0.717) is 5.41 Å². The van der Waals surface area contributed by atoms with Crippen LogP contribution in [-0.2, 0) is 0 Å². The highest BCUT2D eigenvalue weighted by Crippen LogP contribution is 2.61. The molecule has 0 saturated heterocycles. The van der Waals surface area contributed by atoms with E-state index in [1.807, 2.05) is 0 Å². The maximum Gasteiger partial charge on any atom is -0.0103 e. The van der Waals surface area contributed by atoms with Crippen LogP contribution in [0, 0.1) is 23.2 Å². The fourth-order valence-electron chi connectivity index (χ4n) is 3.62.